The van der Waals surface area contributed by atoms with Crippen LogP contribution < -0.4 is 11.5 Å². The zero-order valence-electron chi connectivity index (χ0n) is 11.7. The third-order valence-electron chi connectivity index (χ3n) is 5.46. The summed E-state index contributed by atoms with van der Waals surface area (Å²) in [6, 6.07) is 0. The lowest BCUT2D eigenvalue weighted by atomic mass is 9.64. The topological polar surface area (TPSA) is 52.0 Å². The Morgan fingerprint density at radius 2 is 1.59 bits per heavy atom. The van der Waals surface area contributed by atoms with Crippen LogP contribution in [0, 0.1) is 17.3 Å². The maximum absolute atomic E-state index is 6.33. The highest BCUT2D eigenvalue weighted by atomic mass is 15.0. The molecule has 0 amide bonds. The van der Waals surface area contributed by atoms with Gasteiger partial charge in [0, 0.05) is 0 Å². The lowest BCUT2D eigenvalue weighted by molar-refractivity contribution is 0.0578. The van der Waals surface area contributed by atoms with Crippen LogP contribution in [0.15, 0.2) is 0 Å². The van der Waals surface area contributed by atoms with Gasteiger partial charge in [0.05, 0.1) is 5.66 Å². The molecule has 100 valence electrons. The van der Waals surface area contributed by atoms with E-state index in [1.54, 1.807) is 0 Å². The molecule has 0 aliphatic heterocycles. The first-order valence-corrected chi connectivity index (χ1v) is 7.48. The molecule has 0 aromatic heterocycles. The van der Waals surface area contributed by atoms with Crippen molar-refractivity contribution in [3.8, 4) is 0 Å². The SMILES string of the molecule is CC1(C)CCC(CC2CCCCC2)CC1(N)N. The molecule has 2 aliphatic rings. The van der Waals surface area contributed by atoms with E-state index in [-0.39, 0.29) is 5.41 Å². The molecule has 4 N–H and O–H groups in total. The van der Waals surface area contributed by atoms with Crippen molar-refractivity contribution in [2.45, 2.75) is 77.3 Å². The minimum absolute atomic E-state index is 0.107. The van der Waals surface area contributed by atoms with Gasteiger partial charge >= 0.3 is 0 Å². The summed E-state index contributed by atoms with van der Waals surface area (Å²) >= 11 is 0. The largest absolute Gasteiger partial charge is 0.313 e. The highest BCUT2D eigenvalue weighted by molar-refractivity contribution is 4.98. The molecular weight excluding hydrogens is 208 g/mol. The fourth-order valence-corrected chi connectivity index (χ4v) is 3.75. The number of rotatable bonds is 2. The summed E-state index contributed by atoms with van der Waals surface area (Å²) in [7, 11) is 0. The quantitative estimate of drug-likeness (QED) is 0.724. The van der Waals surface area contributed by atoms with E-state index in [1.807, 2.05) is 0 Å². The van der Waals surface area contributed by atoms with Crippen LogP contribution in [0.2, 0.25) is 0 Å². The number of hydrogen-bond donors (Lipinski definition) is 2. The van der Waals surface area contributed by atoms with Crippen LogP contribution in [0.1, 0.15) is 71.6 Å². The molecule has 2 rings (SSSR count). The van der Waals surface area contributed by atoms with Gasteiger partial charge < -0.3 is 11.5 Å². The van der Waals surface area contributed by atoms with Gasteiger partial charge in [-0.25, -0.2) is 0 Å². The minimum atomic E-state index is -0.454. The molecule has 2 nitrogen and oxygen atoms in total. The molecule has 1 atom stereocenters. The van der Waals surface area contributed by atoms with E-state index >= 15 is 0 Å². The van der Waals surface area contributed by atoms with Crippen LogP contribution in [0.4, 0.5) is 0 Å². The number of nitrogens with two attached hydrogens (primary N) is 2. The van der Waals surface area contributed by atoms with E-state index in [1.165, 1.54) is 51.4 Å². The average molecular weight is 238 g/mol. The maximum Gasteiger partial charge on any atom is 0.0691 e. The first-order chi connectivity index (χ1) is 7.91. The van der Waals surface area contributed by atoms with E-state index in [2.05, 4.69) is 13.8 Å². The second kappa shape index (κ2) is 4.89. The van der Waals surface area contributed by atoms with Crippen molar-refractivity contribution >= 4 is 0 Å². The van der Waals surface area contributed by atoms with E-state index in [0.717, 1.165) is 18.3 Å². The summed E-state index contributed by atoms with van der Waals surface area (Å²) in [4.78, 5) is 0. The lowest BCUT2D eigenvalue weighted by Crippen LogP contribution is -2.63. The Kier molecular flexibility index (Phi) is 3.84. The summed E-state index contributed by atoms with van der Waals surface area (Å²) in [5, 5.41) is 0. The first kappa shape index (κ1) is 13.4. The second-order valence-electron chi connectivity index (χ2n) is 7.27. The van der Waals surface area contributed by atoms with Gasteiger partial charge in [0.25, 0.3) is 0 Å². The molecule has 0 aromatic carbocycles. The maximum atomic E-state index is 6.33. The number of hydrogen-bond acceptors (Lipinski definition) is 2. The monoisotopic (exact) mass is 238 g/mol. The van der Waals surface area contributed by atoms with Gasteiger partial charge in [0.15, 0.2) is 0 Å². The molecule has 2 fully saturated rings. The van der Waals surface area contributed by atoms with Crippen molar-refractivity contribution in [2.24, 2.45) is 28.7 Å². The highest BCUT2D eigenvalue weighted by Crippen LogP contribution is 2.44. The van der Waals surface area contributed by atoms with E-state index < -0.39 is 5.66 Å². The zero-order chi connectivity index (χ0) is 12.5. The van der Waals surface area contributed by atoms with Crippen molar-refractivity contribution in [1.82, 2.24) is 0 Å². The van der Waals surface area contributed by atoms with Crippen LogP contribution in [-0.4, -0.2) is 5.66 Å². The molecule has 0 radical (unpaired) electrons. The Morgan fingerprint density at radius 3 is 2.18 bits per heavy atom. The van der Waals surface area contributed by atoms with E-state index in [0.29, 0.717) is 0 Å². The highest BCUT2D eigenvalue weighted by Gasteiger charge is 2.44. The summed E-state index contributed by atoms with van der Waals surface area (Å²) < 4.78 is 0. The van der Waals surface area contributed by atoms with Crippen LogP contribution in [0.25, 0.3) is 0 Å². The summed E-state index contributed by atoms with van der Waals surface area (Å²) in [6.07, 6.45) is 12.2. The van der Waals surface area contributed by atoms with E-state index in [4.69, 9.17) is 11.5 Å². The summed E-state index contributed by atoms with van der Waals surface area (Å²) in [6.45, 7) is 4.45. The Balaban J connectivity index is 1.87. The van der Waals surface area contributed by atoms with Crippen LogP contribution in [0.5, 0.6) is 0 Å². The standard InChI is InChI=1S/C15H30N2/c1-14(2)9-8-13(11-15(14,16)17)10-12-6-4-3-5-7-12/h12-13H,3-11,16-17H2,1-2H3. The summed E-state index contributed by atoms with van der Waals surface area (Å²) in [5.74, 6) is 1.74. The lowest BCUT2D eigenvalue weighted by Gasteiger charge is -2.48. The molecule has 0 bridgehead atoms. The molecule has 2 saturated carbocycles. The first-order valence-electron chi connectivity index (χ1n) is 7.48. The molecule has 0 heterocycles. The van der Waals surface area contributed by atoms with Crippen molar-refractivity contribution in [2.75, 3.05) is 0 Å². The zero-order valence-corrected chi connectivity index (χ0v) is 11.7. The van der Waals surface area contributed by atoms with Gasteiger partial charge in [-0.1, -0.05) is 46.0 Å². The third-order valence-corrected chi connectivity index (χ3v) is 5.46. The van der Waals surface area contributed by atoms with Gasteiger partial charge in [-0.15, -0.1) is 0 Å². The van der Waals surface area contributed by atoms with Crippen LogP contribution in [-0.2, 0) is 0 Å². The predicted octanol–water partition coefficient (Wildman–Crippen LogP) is 3.40. The van der Waals surface area contributed by atoms with Crippen LogP contribution >= 0.6 is 0 Å². The fraction of sp³-hybridized carbons (Fsp3) is 1.00. The Bertz CT molecular complexity index is 252. The average Bonchev–Trinajstić information content (AvgIpc) is 2.25. The molecule has 17 heavy (non-hydrogen) atoms. The van der Waals surface area contributed by atoms with Gasteiger partial charge in [-0.2, -0.15) is 0 Å². The smallest absolute Gasteiger partial charge is 0.0691 e. The molecule has 0 aromatic rings. The van der Waals surface area contributed by atoms with E-state index in [9.17, 15) is 0 Å². The predicted molar refractivity (Wildman–Crippen MR) is 73.4 cm³/mol. The summed E-state index contributed by atoms with van der Waals surface area (Å²) in [5.41, 5.74) is 12.3. The fourth-order valence-electron chi connectivity index (χ4n) is 3.75. The van der Waals surface area contributed by atoms with Gasteiger partial charge in [-0.3, -0.25) is 0 Å². The minimum Gasteiger partial charge on any atom is -0.313 e. The van der Waals surface area contributed by atoms with Gasteiger partial charge in [0.1, 0.15) is 0 Å². The molecule has 2 aliphatic carbocycles. The molecule has 1 unspecified atom stereocenters. The Hall–Kier alpha value is -0.0800. The molecule has 0 spiro atoms. The van der Waals surface area contributed by atoms with Crippen LogP contribution in [0.3, 0.4) is 0 Å². The Morgan fingerprint density at radius 1 is 0.941 bits per heavy atom. The van der Waals surface area contributed by atoms with Crippen molar-refractivity contribution in [1.29, 1.82) is 0 Å². The van der Waals surface area contributed by atoms with Crippen molar-refractivity contribution in [3.05, 3.63) is 0 Å². The van der Waals surface area contributed by atoms with Crippen molar-refractivity contribution in [3.63, 3.8) is 0 Å². The Labute approximate surface area is 107 Å². The molecule has 2 heteroatoms. The van der Waals surface area contributed by atoms with Gasteiger partial charge in [0.2, 0.25) is 0 Å². The van der Waals surface area contributed by atoms with Crippen molar-refractivity contribution < 1.29 is 0 Å². The third kappa shape index (κ3) is 3.03. The second-order valence-corrected chi connectivity index (χ2v) is 7.27. The molecular formula is C15H30N2. The normalized spacial score (nSPS) is 33.5. The molecule has 0 saturated heterocycles. The van der Waals surface area contributed by atoms with Gasteiger partial charge in [-0.05, 0) is 42.9 Å².